The number of esters is 1. The number of unbranched alkanes of at least 4 members (excludes halogenated alkanes) is 1. The Hall–Kier alpha value is -3.97. The summed E-state index contributed by atoms with van der Waals surface area (Å²) >= 11 is 0. The number of benzene rings is 2. The molecule has 12 heteroatoms. The highest BCUT2D eigenvalue weighted by Gasteiger charge is 2.38. The second-order valence-corrected chi connectivity index (χ2v) is 10.4. The number of nitrogens with two attached hydrogens (primary N) is 1. The van der Waals surface area contributed by atoms with Crippen molar-refractivity contribution < 1.29 is 43.2 Å². The predicted molar refractivity (Wildman–Crippen MR) is 168 cm³/mol. The lowest BCUT2D eigenvalue weighted by atomic mass is 9.81. The fourth-order valence-corrected chi connectivity index (χ4v) is 4.91. The van der Waals surface area contributed by atoms with Crippen molar-refractivity contribution in [3.8, 4) is 0 Å². The zero-order chi connectivity index (χ0) is 32.4. The third-order valence-electron chi connectivity index (χ3n) is 7.21. The van der Waals surface area contributed by atoms with E-state index in [1.807, 2.05) is 19.1 Å². The molecular weight excluding hydrogens is 582 g/mol. The maximum absolute atomic E-state index is 13.2. The monoisotopic (exact) mass is 627 g/mol. The van der Waals surface area contributed by atoms with Crippen LogP contribution in [0.1, 0.15) is 54.4 Å². The summed E-state index contributed by atoms with van der Waals surface area (Å²) in [5, 5.41) is 14.5. The van der Waals surface area contributed by atoms with Crippen LogP contribution in [0.2, 0.25) is 0 Å². The zero-order valence-corrected chi connectivity index (χ0v) is 26.0. The average molecular weight is 628 g/mol. The van der Waals surface area contributed by atoms with E-state index in [1.54, 1.807) is 42.5 Å². The maximum atomic E-state index is 13.2. The Labute approximate surface area is 264 Å². The van der Waals surface area contributed by atoms with Gasteiger partial charge >= 0.3 is 5.97 Å². The molecule has 0 aliphatic carbocycles. The van der Waals surface area contributed by atoms with Crippen LogP contribution in [-0.4, -0.2) is 82.5 Å². The number of nitrogen functional groups attached to an aromatic ring is 1. The molecule has 2 aromatic carbocycles. The number of anilines is 2. The van der Waals surface area contributed by atoms with Gasteiger partial charge in [-0.25, -0.2) is 4.79 Å². The lowest BCUT2D eigenvalue weighted by Crippen LogP contribution is -2.39. The molecule has 0 aromatic heterocycles. The second-order valence-electron chi connectivity index (χ2n) is 10.4. The van der Waals surface area contributed by atoms with Gasteiger partial charge in [0, 0.05) is 38.0 Å². The highest BCUT2D eigenvalue weighted by atomic mass is 16.7. The van der Waals surface area contributed by atoms with Crippen LogP contribution in [0, 0.1) is 5.92 Å². The van der Waals surface area contributed by atoms with Crippen molar-refractivity contribution in [1.29, 1.82) is 0 Å². The van der Waals surface area contributed by atoms with Gasteiger partial charge in [0.1, 0.15) is 0 Å². The Morgan fingerprint density at radius 3 is 2.40 bits per heavy atom. The van der Waals surface area contributed by atoms with Crippen molar-refractivity contribution in [2.45, 2.75) is 44.8 Å². The Morgan fingerprint density at radius 1 is 0.978 bits per heavy atom. The van der Waals surface area contributed by atoms with Gasteiger partial charge in [-0.3, -0.25) is 9.59 Å². The van der Waals surface area contributed by atoms with E-state index in [1.165, 1.54) is 7.11 Å². The number of aliphatic hydroxyl groups is 1. The van der Waals surface area contributed by atoms with Crippen molar-refractivity contribution in [3.05, 3.63) is 71.5 Å². The SMILES string of the molecule is CCOC1OC(C(=O)NCCCCC(=O)Nc2ccccc2N)=CC(c2ccc(C(=O)OC)cc2)C1CCOCCOCCO. The summed E-state index contributed by atoms with van der Waals surface area (Å²) in [5.41, 5.74) is 8.25. The second kappa shape index (κ2) is 19.4. The summed E-state index contributed by atoms with van der Waals surface area (Å²) in [6, 6.07) is 14.1. The van der Waals surface area contributed by atoms with Gasteiger partial charge in [0.2, 0.25) is 12.2 Å². The third-order valence-corrected chi connectivity index (χ3v) is 7.21. The largest absolute Gasteiger partial charge is 0.465 e. The van der Waals surface area contributed by atoms with Crippen LogP contribution >= 0.6 is 0 Å². The molecule has 12 nitrogen and oxygen atoms in total. The number of allylic oxidation sites excluding steroid dienone is 1. The van der Waals surface area contributed by atoms with Crippen LogP contribution in [0.15, 0.2) is 60.4 Å². The molecule has 246 valence electrons. The van der Waals surface area contributed by atoms with E-state index in [-0.39, 0.29) is 49.0 Å². The Morgan fingerprint density at radius 2 is 1.71 bits per heavy atom. The molecule has 45 heavy (non-hydrogen) atoms. The molecule has 0 saturated carbocycles. The van der Waals surface area contributed by atoms with Gasteiger partial charge < -0.3 is 45.2 Å². The quantitative estimate of drug-likeness (QED) is 0.103. The van der Waals surface area contributed by atoms with E-state index in [9.17, 15) is 14.4 Å². The van der Waals surface area contributed by atoms with Gasteiger partial charge in [0.25, 0.3) is 5.91 Å². The van der Waals surface area contributed by atoms with Crippen LogP contribution in [-0.2, 0) is 33.3 Å². The summed E-state index contributed by atoms with van der Waals surface area (Å²) in [5.74, 6) is -1.29. The van der Waals surface area contributed by atoms with E-state index >= 15 is 0 Å². The molecule has 1 aliphatic rings. The highest BCUT2D eigenvalue weighted by Crippen LogP contribution is 2.39. The summed E-state index contributed by atoms with van der Waals surface area (Å²) in [6.07, 6.45) is 3.08. The van der Waals surface area contributed by atoms with Crippen LogP contribution in [0.25, 0.3) is 0 Å². The number of amides is 2. The van der Waals surface area contributed by atoms with E-state index in [0.29, 0.717) is 69.2 Å². The first-order chi connectivity index (χ1) is 21.9. The van der Waals surface area contributed by atoms with E-state index in [0.717, 1.165) is 5.56 Å². The first-order valence-electron chi connectivity index (χ1n) is 15.2. The van der Waals surface area contributed by atoms with E-state index < -0.39 is 12.3 Å². The molecule has 1 heterocycles. The molecule has 3 rings (SSSR count). The standard InChI is InChI=1S/C33H45N3O9/c1-3-44-33-25(15-18-42-20-21-43-19-17-37)26(23-11-13-24(14-12-23)32(40)41-2)22-29(45-33)31(39)35-16-7-6-10-30(38)36-28-9-5-4-8-27(28)34/h4-5,8-9,11-14,22,25-26,33,37H,3,6-7,10,15-21,34H2,1-2H3,(H,35,39)(H,36,38). The van der Waals surface area contributed by atoms with Crippen LogP contribution in [0.4, 0.5) is 11.4 Å². The molecule has 5 N–H and O–H groups in total. The summed E-state index contributed by atoms with van der Waals surface area (Å²) in [4.78, 5) is 37.5. The van der Waals surface area contributed by atoms with E-state index in [2.05, 4.69) is 10.6 Å². The first kappa shape index (κ1) is 35.5. The topological polar surface area (TPSA) is 168 Å². The number of carbonyl (C=O) groups excluding carboxylic acids is 3. The third kappa shape index (κ3) is 11.5. The molecule has 0 spiro atoms. The number of methoxy groups -OCH3 is 1. The fourth-order valence-electron chi connectivity index (χ4n) is 4.91. The molecule has 3 unspecified atom stereocenters. The molecule has 2 amide bonds. The molecular formula is C33H45N3O9. The first-order valence-corrected chi connectivity index (χ1v) is 15.2. The summed E-state index contributed by atoms with van der Waals surface area (Å²) in [6.45, 7) is 3.93. The normalized spacial score (nSPS) is 17.6. The minimum atomic E-state index is -0.714. The Bertz CT molecular complexity index is 1250. The van der Waals surface area contributed by atoms with Crippen molar-refractivity contribution in [3.63, 3.8) is 0 Å². The van der Waals surface area contributed by atoms with Gasteiger partial charge in [-0.2, -0.15) is 0 Å². The number of carbonyl (C=O) groups is 3. The number of ether oxygens (including phenoxy) is 5. The van der Waals surface area contributed by atoms with Gasteiger partial charge in [0.15, 0.2) is 5.76 Å². The lowest BCUT2D eigenvalue weighted by molar-refractivity contribution is -0.168. The Kier molecular flexibility index (Phi) is 15.3. The van der Waals surface area contributed by atoms with Crippen molar-refractivity contribution in [1.82, 2.24) is 5.32 Å². The Balaban J connectivity index is 1.63. The van der Waals surface area contributed by atoms with Crippen LogP contribution in [0.3, 0.4) is 0 Å². The van der Waals surface area contributed by atoms with Crippen molar-refractivity contribution in [2.24, 2.45) is 5.92 Å². The van der Waals surface area contributed by atoms with Gasteiger partial charge in [-0.05, 0) is 62.1 Å². The molecule has 1 aliphatic heterocycles. The van der Waals surface area contributed by atoms with Gasteiger partial charge in [0.05, 0.1) is 50.5 Å². The molecule has 2 aromatic rings. The summed E-state index contributed by atoms with van der Waals surface area (Å²) in [7, 11) is 1.33. The van der Waals surface area contributed by atoms with Gasteiger partial charge in [-0.15, -0.1) is 0 Å². The van der Waals surface area contributed by atoms with Crippen LogP contribution < -0.4 is 16.4 Å². The molecule has 0 radical (unpaired) electrons. The smallest absolute Gasteiger partial charge is 0.337 e. The maximum Gasteiger partial charge on any atom is 0.337 e. The molecule has 3 atom stereocenters. The number of aliphatic hydroxyl groups excluding tert-OH is 1. The molecule has 0 fully saturated rings. The number of hydrogen-bond donors (Lipinski definition) is 4. The molecule has 0 saturated heterocycles. The van der Waals surface area contributed by atoms with E-state index in [4.69, 9.17) is 34.5 Å². The van der Waals surface area contributed by atoms with Crippen LogP contribution in [0.5, 0.6) is 0 Å². The number of nitrogens with one attached hydrogen (secondary N) is 2. The number of para-hydroxylation sites is 2. The lowest BCUT2D eigenvalue weighted by Gasteiger charge is -2.37. The van der Waals surface area contributed by atoms with Crippen molar-refractivity contribution in [2.75, 3.05) is 64.3 Å². The minimum absolute atomic E-state index is 0.0457. The number of hydrogen-bond acceptors (Lipinski definition) is 10. The minimum Gasteiger partial charge on any atom is -0.465 e. The average Bonchev–Trinajstić information content (AvgIpc) is 3.05. The predicted octanol–water partition coefficient (Wildman–Crippen LogP) is 3.37. The van der Waals surface area contributed by atoms with Crippen molar-refractivity contribution >= 4 is 29.2 Å². The highest BCUT2D eigenvalue weighted by molar-refractivity contribution is 5.94. The molecule has 0 bridgehead atoms. The number of rotatable bonds is 19. The fraction of sp³-hybridized carbons (Fsp3) is 0.485. The summed E-state index contributed by atoms with van der Waals surface area (Å²) < 4.78 is 27.9. The zero-order valence-electron chi connectivity index (χ0n) is 26.0. The van der Waals surface area contributed by atoms with Gasteiger partial charge in [-0.1, -0.05) is 24.3 Å².